The van der Waals surface area contributed by atoms with E-state index in [4.69, 9.17) is 9.47 Å². The molecule has 1 fully saturated rings. The minimum absolute atomic E-state index is 0.00143. The van der Waals surface area contributed by atoms with Crippen LogP contribution in [0.25, 0.3) is 0 Å². The standard InChI is InChI=1S/C17H18N2O3/c1-21-14-9-5-8-13(15(14)20)10-18-11-19-17-16(22-17)12-6-3-2-4-7-12/h2-10,16-17,19-20H,11H2,1H3/b18-10+. The summed E-state index contributed by atoms with van der Waals surface area (Å²) in [6.45, 7) is 0.421. The highest BCUT2D eigenvalue weighted by Crippen LogP contribution is 2.36. The third-order valence-corrected chi connectivity index (χ3v) is 3.48. The fraction of sp³-hybridized carbons (Fsp3) is 0.235. The summed E-state index contributed by atoms with van der Waals surface area (Å²) >= 11 is 0. The van der Waals surface area contributed by atoms with Gasteiger partial charge in [0.15, 0.2) is 11.5 Å². The molecular formula is C17H18N2O3. The van der Waals surface area contributed by atoms with Crippen LogP contribution in [0.15, 0.2) is 53.5 Å². The summed E-state index contributed by atoms with van der Waals surface area (Å²) in [6.07, 6.45) is 1.71. The lowest BCUT2D eigenvalue weighted by Crippen LogP contribution is -2.18. The van der Waals surface area contributed by atoms with Crippen molar-refractivity contribution in [2.45, 2.75) is 12.3 Å². The number of aromatic hydroxyl groups is 1. The summed E-state index contributed by atoms with van der Waals surface area (Å²) in [4.78, 5) is 4.25. The number of hydrogen-bond acceptors (Lipinski definition) is 5. The minimum atomic E-state index is -0.00143. The van der Waals surface area contributed by atoms with E-state index >= 15 is 0 Å². The van der Waals surface area contributed by atoms with E-state index < -0.39 is 0 Å². The van der Waals surface area contributed by atoms with Crippen molar-refractivity contribution in [3.05, 3.63) is 59.7 Å². The van der Waals surface area contributed by atoms with Crippen LogP contribution in [-0.4, -0.2) is 31.3 Å². The van der Waals surface area contributed by atoms with Crippen molar-refractivity contribution in [1.82, 2.24) is 5.32 Å². The summed E-state index contributed by atoms with van der Waals surface area (Å²) in [5.74, 6) is 0.533. The maximum atomic E-state index is 9.94. The molecule has 1 aliphatic rings. The molecule has 2 atom stereocenters. The number of para-hydroxylation sites is 1. The minimum Gasteiger partial charge on any atom is -0.504 e. The Kier molecular flexibility index (Phi) is 4.37. The zero-order valence-electron chi connectivity index (χ0n) is 12.3. The summed E-state index contributed by atoms with van der Waals surface area (Å²) in [5.41, 5.74) is 1.78. The van der Waals surface area contributed by atoms with Gasteiger partial charge in [-0.15, -0.1) is 0 Å². The zero-order valence-corrected chi connectivity index (χ0v) is 12.3. The number of phenols is 1. The molecule has 0 amide bonds. The third kappa shape index (κ3) is 3.27. The van der Waals surface area contributed by atoms with Gasteiger partial charge in [0.2, 0.25) is 0 Å². The number of nitrogens with zero attached hydrogens (tertiary/aromatic N) is 1. The van der Waals surface area contributed by atoms with E-state index in [0.29, 0.717) is 18.0 Å². The van der Waals surface area contributed by atoms with Gasteiger partial charge in [-0.2, -0.15) is 0 Å². The Labute approximate surface area is 129 Å². The van der Waals surface area contributed by atoms with Gasteiger partial charge < -0.3 is 14.6 Å². The average Bonchev–Trinajstić information content (AvgIpc) is 3.33. The van der Waals surface area contributed by atoms with E-state index in [1.807, 2.05) is 36.4 Å². The van der Waals surface area contributed by atoms with Crippen molar-refractivity contribution >= 4 is 6.21 Å². The van der Waals surface area contributed by atoms with Gasteiger partial charge in [-0.3, -0.25) is 10.3 Å². The molecule has 2 aromatic rings. The number of benzene rings is 2. The summed E-state index contributed by atoms with van der Waals surface area (Å²) < 4.78 is 10.6. The van der Waals surface area contributed by atoms with Gasteiger partial charge in [-0.1, -0.05) is 36.4 Å². The Morgan fingerprint density at radius 2 is 2.05 bits per heavy atom. The normalized spacial score (nSPS) is 20.2. The number of ether oxygens (including phenoxy) is 2. The van der Waals surface area contributed by atoms with Crippen molar-refractivity contribution in [2.75, 3.05) is 13.8 Å². The predicted octanol–water partition coefficient (Wildman–Crippen LogP) is 2.46. The van der Waals surface area contributed by atoms with Crippen LogP contribution in [0.5, 0.6) is 11.5 Å². The first kappa shape index (κ1) is 14.6. The first-order valence-corrected chi connectivity index (χ1v) is 7.09. The van der Waals surface area contributed by atoms with Gasteiger partial charge in [0.25, 0.3) is 0 Å². The van der Waals surface area contributed by atoms with Crippen molar-refractivity contribution in [3.63, 3.8) is 0 Å². The van der Waals surface area contributed by atoms with Crippen LogP contribution in [0, 0.1) is 0 Å². The molecule has 0 spiro atoms. The van der Waals surface area contributed by atoms with E-state index in [0.717, 1.165) is 5.56 Å². The largest absolute Gasteiger partial charge is 0.504 e. The third-order valence-electron chi connectivity index (χ3n) is 3.48. The second-order valence-electron chi connectivity index (χ2n) is 4.96. The molecule has 2 N–H and O–H groups in total. The summed E-state index contributed by atoms with van der Waals surface area (Å²) in [6, 6.07) is 15.4. The highest BCUT2D eigenvalue weighted by Gasteiger charge is 2.39. The zero-order chi connectivity index (χ0) is 15.4. The van der Waals surface area contributed by atoms with Crippen LogP contribution in [0.4, 0.5) is 0 Å². The second kappa shape index (κ2) is 6.60. The molecule has 3 rings (SSSR count). The Morgan fingerprint density at radius 1 is 1.23 bits per heavy atom. The smallest absolute Gasteiger partial charge is 0.166 e. The van der Waals surface area contributed by atoms with Crippen LogP contribution >= 0.6 is 0 Å². The average molecular weight is 298 g/mol. The molecule has 0 aromatic heterocycles. The van der Waals surface area contributed by atoms with E-state index in [-0.39, 0.29) is 18.1 Å². The topological polar surface area (TPSA) is 66.4 Å². The lowest BCUT2D eigenvalue weighted by atomic mass is 10.1. The quantitative estimate of drug-likeness (QED) is 0.635. The molecule has 1 heterocycles. The maximum Gasteiger partial charge on any atom is 0.166 e. The monoisotopic (exact) mass is 298 g/mol. The molecule has 5 nitrogen and oxygen atoms in total. The van der Waals surface area contributed by atoms with Crippen LogP contribution in [0.3, 0.4) is 0 Å². The lowest BCUT2D eigenvalue weighted by molar-refractivity contribution is 0.349. The molecule has 2 aromatic carbocycles. The molecule has 0 radical (unpaired) electrons. The summed E-state index contributed by atoms with van der Waals surface area (Å²) in [7, 11) is 1.52. The van der Waals surface area contributed by atoms with Gasteiger partial charge in [-0.05, 0) is 17.7 Å². The molecular weight excluding hydrogens is 280 g/mol. The van der Waals surface area contributed by atoms with Gasteiger partial charge in [-0.25, -0.2) is 0 Å². The maximum absolute atomic E-state index is 9.94. The number of phenolic OH excluding ortho intramolecular Hbond substituents is 1. The predicted molar refractivity (Wildman–Crippen MR) is 84.3 cm³/mol. The Morgan fingerprint density at radius 3 is 2.82 bits per heavy atom. The van der Waals surface area contributed by atoms with Crippen molar-refractivity contribution in [2.24, 2.45) is 4.99 Å². The van der Waals surface area contributed by atoms with E-state index in [1.54, 1.807) is 18.3 Å². The van der Waals surface area contributed by atoms with Gasteiger partial charge in [0.1, 0.15) is 12.3 Å². The van der Waals surface area contributed by atoms with E-state index in [2.05, 4.69) is 10.3 Å². The number of hydrogen-bond donors (Lipinski definition) is 2. The molecule has 114 valence electrons. The molecule has 1 saturated heterocycles. The molecule has 1 aliphatic heterocycles. The van der Waals surface area contributed by atoms with Gasteiger partial charge in [0, 0.05) is 11.8 Å². The van der Waals surface area contributed by atoms with Crippen molar-refractivity contribution < 1.29 is 14.6 Å². The first-order chi connectivity index (χ1) is 10.8. The number of aliphatic imine (C=N–C) groups is 1. The Bertz CT molecular complexity index is 658. The van der Waals surface area contributed by atoms with Gasteiger partial charge >= 0.3 is 0 Å². The van der Waals surface area contributed by atoms with Gasteiger partial charge in [0.05, 0.1) is 13.8 Å². The number of rotatable bonds is 6. The first-order valence-electron chi connectivity index (χ1n) is 7.09. The second-order valence-corrected chi connectivity index (χ2v) is 4.96. The van der Waals surface area contributed by atoms with Crippen LogP contribution < -0.4 is 10.1 Å². The lowest BCUT2D eigenvalue weighted by Gasteiger charge is -2.04. The van der Waals surface area contributed by atoms with Crippen molar-refractivity contribution in [1.29, 1.82) is 0 Å². The van der Waals surface area contributed by atoms with Crippen LogP contribution in [0.1, 0.15) is 17.2 Å². The summed E-state index contributed by atoms with van der Waals surface area (Å²) in [5, 5.41) is 13.1. The highest BCUT2D eigenvalue weighted by atomic mass is 16.6. The SMILES string of the molecule is COc1cccc(/C=N/CNC2OC2c2ccccc2)c1O. The number of epoxide rings is 1. The number of nitrogens with one attached hydrogen (secondary N) is 1. The molecule has 22 heavy (non-hydrogen) atoms. The molecule has 0 aliphatic carbocycles. The molecule has 0 bridgehead atoms. The fourth-order valence-corrected chi connectivity index (χ4v) is 2.26. The molecule has 0 saturated carbocycles. The fourth-order valence-electron chi connectivity index (χ4n) is 2.26. The Balaban J connectivity index is 1.50. The highest BCUT2D eigenvalue weighted by molar-refractivity contribution is 5.84. The number of methoxy groups -OCH3 is 1. The van der Waals surface area contributed by atoms with Crippen LogP contribution in [0.2, 0.25) is 0 Å². The van der Waals surface area contributed by atoms with E-state index in [9.17, 15) is 5.11 Å². The Hall–Kier alpha value is -2.37. The van der Waals surface area contributed by atoms with E-state index in [1.165, 1.54) is 7.11 Å². The van der Waals surface area contributed by atoms with Crippen LogP contribution in [-0.2, 0) is 4.74 Å². The van der Waals surface area contributed by atoms with Crippen molar-refractivity contribution in [3.8, 4) is 11.5 Å². The molecule has 5 heteroatoms. The molecule has 2 unspecified atom stereocenters.